The van der Waals surface area contributed by atoms with Gasteiger partial charge in [0.15, 0.2) is 0 Å². The maximum absolute atomic E-state index is 12.8. The summed E-state index contributed by atoms with van der Waals surface area (Å²) in [6.07, 6.45) is 3.66. The Kier molecular flexibility index (Phi) is 4.92. The first-order valence-corrected chi connectivity index (χ1v) is 10.4. The van der Waals surface area contributed by atoms with E-state index in [2.05, 4.69) is 20.5 Å². The number of carbonyl (C=O) groups excluding carboxylic acids is 1. The summed E-state index contributed by atoms with van der Waals surface area (Å²) < 4.78 is 8.23. The van der Waals surface area contributed by atoms with E-state index in [9.17, 15) is 10.1 Å². The lowest BCUT2D eigenvalue weighted by molar-refractivity contribution is -0.136. The van der Waals surface area contributed by atoms with E-state index < -0.39 is 0 Å². The zero-order valence-electron chi connectivity index (χ0n) is 17.4. The second-order valence-electron chi connectivity index (χ2n) is 8.17. The van der Waals surface area contributed by atoms with Gasteiger partial charge in [-0.15, -0.1) is 0 Å². The minimum atomic E-state index is 0.132. The molecule has 1 unspecified atom stereocenters. The maximum Gasteiger partial charge on any atom is 0.237 e. The van der Waals surface area contributed by atoms with Crippen molar-refractivity contribution in [2.24, 2.45) is 0 Å². The van der Waals surface area contributed by atoms with E-state index in [1.807, 2.05) is 54.7 Å². The van der Waals surface area contributed by atoms with Gasteiger partial charge in [0.1, 0.15) is 17.6 Å². The molecule has 0 radical (unpaired) electrons. The Morgan fingerprint density at radius 2 is 1.97 bits per heavy atom. The fraction of sp³-hybridized carbons (Fsp3) is 0.292. The SMILES string of the molecule is Cc1ccc2cc1CN1CCN(CC1=O)Cc1cncn1Cc1ccc(C#N)c(c1)O2. The zero-order valence-corrected chi connectivity index (χ0v) is 17.4. The number of piperazine rings is 1. The van der Waals surface area contributed by atoms with Crippen molar-refractivity contribution < 1.29 is 9.53 Å². The Morgan fingerprint density at radius 3 is 2.81 bits per heavy atom. The molecule has 0 aliphatic carbocycles. The number of hydrogen-bond acceptors (Lipinski definition) is 5. The van der Waals surface area contributed by atoms with E-state index in [4.69, 9.17) is 4.74 Å². The van der Waals surface area contributed by atoms with E-state index in [0.29, 0.717) is 49.8 Å². The van der Waals surface area contributed by atoms with Crippen molar-refractivity contribution in [3.05, 3.63) is 76.9 Å². The number of imidazole rings is 1. The molecule has 0 N–H and O–H groups in total. The number of aromatic nitrogens is 2. The maximum atomic E-state index is 12.8. The highest BCUT2D eigenvalue weighted by Crippen LogP contribution is 2.29. The Bertz CT molecular complexity index is 1190. The Labute approximate surface area is 181 Å². The summed E-state index contributed by atoms with van der Waals surface area (Å²) >= 11 is 0. The van der Waals surface area contributed by atoms with Gasteiger partial charge >= 0.3 is 0 Å². The van der Waals surface area contributed by atoms with Crippen LogP contribution in [-0.2, 0) is 24.4 Å². The molecule has 0 saturated carbocycles. The first-order chi connectivity index (χ1) is 15.1. The normalized spacial score (nSPS) is 18.3. The first kappa shape index (κ1) is 19.3. The second kappa shape index (κ2) is 7.89. The zero-order chi connectivity index (χ0) is 21.4. The van der Waals surface area contributed by atoms with Gasteiger partial charge in [0.05, 0.1) is 24.1 Å². The standard InChI is InChI=1S/C24H23N5O2/c1-17-2-5-22-9-20(17)13-28-7-6-27(15-24(28)30)14-21-11-26-16-29(21)12-18-3-4-19(10-25)23(8-18)31-22/h2-5,8-9,11,16H,6-7,12-15H2,1H3. The first-order valence-electron chi connectivity index (χ1n) is 10.4. The lowest BCUT2D eigenvalue weighted by Gasteiger charge is -2.34. The predicted octanol–water partition coefficient (Wildman–Crippen LogP) is 3.06. The van der Waals surface area contributed by atoms with Crippen molar-refractivity contribution in [1.29, 1.82) is 5.26 Å². The minimum absolute atomic E-state index is 0.132. The van der Waals surface area contributed by atoms with Gasteiger partial charge in [-0.25, -0.2) is 4.98 Å². The highest BCUT2D eigenvalue weighted by atomic mass is 16.5. The third-order valence-corrected chi connectivity index (χ3v) is 6.01. The van der Waals surface area contributed by atoms with Crippen molar-refractivity contribution in [2.45, 2.75) is 26.6 Å². The van der Waals surface area contributed by atoms with Gasteiger partial charge in [0.25, 0.3) is 0 Å². The molecule has 1 aromatic heterocycles. The van der Waals surface area contributed by atoms with Gasteiger partial charge < -0.3 is 14.2 Å². The molecule has 7 nitrogen and oxygen atoms in total. The third-order valence-electron chi connectivity index (χ3n) is 6.01. The number of hydrogen-bond donors (Lipinski definition) is 0. The molecule has 1 fully saturated rings. The third kappa shape index (κ3) is 3.90. The van der Waals surface area contributed by atoms with Gasteiger partial charge in [-0.3, -0.25) is 9.69 Å². The summed E-state index contributed by atoms with van der Waals surface area (Å²) in [6.45, 7) is 5.81. The summed E-state index contributed by atoms with van der Waals surface area (Å²) in [5.41, 5.74) is 4.73. The van der Waals surface area contributed by atoms with Crippen LogP contribution >= 0.6 is 0 Å². The highest BCUT2D eigenvalue weighted by Gasteiger charge is 2.25. The van der Waals surface area contributed by atoms with Crippen LogP contribution in [-0.4, -0.2) is 44.9 Å². The largest absolute Gasteiger partial charge is 0.456 e. The lowest BCUT2D eigenvalue weighted by atomic mass is 10.1. The number of rotatable bonds is 0. The van der Waals surface area contributed by atoms with Crippen molar-refractivity contribution in [1.82, 2.24) is 19.4 Å². The fourth-order valence-corrected chi connectivity index (χ4v) is 4.16. The Balaban J connectivity index is 1.59. The van der Waals surface area contributed by atoms with Crippen LogP contribution in [0.5, 0.6) is 11.5 Å². The number of amides is 1. The molecule has 4 heterocycles. The average molecular weight is 413 g/mol. The minimum Gasteiger partial charge on any atom is -0.456 e. The lowest BCUT2D eigenvalue weighted by Crippen LogP contribution is -2.49. The highest BCUT2D eigenvalue weighted by molar-refractivity contribution is 5.79. The van der Waals surface area contributed by atoms with Gasteiger partial charge in [-0.2, -0.15) is 5.26 Å². The van der Waals surface area contributed by atoms with Crippen molar-refractivity contribution in [3.8, 4) is 17.6 Å². The predicted molar refractivity (Wildman–Crippen MR) is 114 cm³/mol. The number of nitrogens with zero attached hydrogens (tertiary/aromatic N) is 5. The molecule has 6 rings (SSSR count). The molecule has 6 bridgehead atoms. The van der Waals surface area contributed by atoms with Crippen LogP contribution in [0.15, 0.2) is 48.9 Å². The van der Waals surface area contributed by atoms with Crippen molar-refractivity contribution in [2.75, 3.05) is 19.6 Å². The van der Waals surface area contributed by atoms with E-state index in [0.717, 1.165) is 28.9 Å². The molecule has 3 aliphatic rings. The van der Waals surface area contributed by atoms with Crippen LogP contribution < -0.4 is 4.74 Å². The number of ether oxygens (including phenoxy) is 1. The molecular formula is C24H23N5O2. The summed E-state index contributed by atoms with van der Waals surface area (Å²) in [6, 6.07) is 13.8. The van der Waals surface area contributed by atoms with Gasteiger partial charge in [-0.1, -0.05) is 12.1 Å². The molecular weight excluding hydrogens is 390 g/mol. The molecule has 1 amide bonds. The molecule has 31 heavy (non-hydrogen) atoms. The van der Waals surface area contributed by atoms with Crippen LogP contribution in [0.1, 0.15) is 27.9 Å². The summed E-state index contributed by atoms with van der Waals surface area (Å²) in [7, 11) is 0. The fourth-order valence-electron chi connectivity index (χ4n) is 4.16. The molecule has 1 saturated heterocycles. The topological polar surface area (TPSA) is 74.4 Å². The van der Waals surface area contributed by atoms with Crippen molar-refractivity contribution >= 4 is 5.91 Å². The Hall–Kier alpha value is -3.63. The molecule has 3 aromatic rings. The summed E-state index contributed by atoms with van der Waals surface area (Å²) in [5, 5.41) is 9.55. The monoisotopic (exact) mass is 413 g/mol. The average Bonchev–Trinajstić information content (AvgIpc) is 3.18. The number of benzene rings is 2. The van der Waals surface area contributed by atoms with Crippen LogP contribution in [0.3, 0.4) is 0 Å². The molecule has 1 atom stereocenters. The summed E-state index contributed by atoms with van der Waals surface area (Å²) in [5.74, 6) is 1.33. The quantitative estimate of drug-likeness (QED) is 0.566. The van der Waals surface area contributed by atoms with Crippen LogP contribution in [0, 0.1) is 18.3 Å². The van der Waals surface area contributed by atoms with E-state index in [1.54, 1.807) is 6.07 Å². The summed E-state index contributed by atoms with van der Waals surface area (Å²) in [4.78, 5) is 21.2. The number of fused-ring (bicyclic) bond motifs is 2. The molecule has 7 heteroatoms. The van der Waals surface area contributed by atoms with E-state index in [1.165, 1.54) is 0 Å². The number of aryl methyl sites for hydroxylation is 1. The second-order valence-corrected chi connectivity index (χ2v) is 8.17. The van der Waals surface area contributed by atoms with Crippen molar-refractivity contribution in [3.63, 3.8) is 0 Å². The Morgan fingerprint density at radius 1 is 1.06 bits per heavy atom. The number of nitriles is 1. The molecule has 156 valence electrons. The van der Waals surface area contributed by atoms with Crippen LogP contribution in [0.25, 0.3) is 0 Å². The molecule has 3 aliphatic heterocycles. The van der Waals surface area contributed by atoms with Gasteiger partial charge in [-0.05, 0) is 47.9 Å². The smallest absolute Gasteiger partial charge is 0.237 e. The van der Waals surface area contributed by atoms with Crippen LogP contribution in [0.4, 0.5) is 0 Å². The molecule has 0 spiro atoms. The van der Waals surface area contributed by atoms with E-state index >= 15 is 0 Å². The van der Waals surface area contributed by atoms with Gasteiger partial charge in [0, 0.05) is 38.9 Å². The molecule has 2 aromatic carbocycles. The number of carbonyl (C=O) groups is 1. The van der Waals surface area contributed by atoms with Crippen LogP contribution in [0.2, 0.25) is 0 Å². The van der Waals surface area contributed by atoms with Gasteiger partial charge in [0.2, 0.25) is 5.91 Å². The van der Waals surface area contributed by atoms with E-state index in [-0.39, 0.29) is 5.91 Å².